The molecule has 1 aromatic heterocycles. The van der Waals surface area contributed by atoms with Crippen LogP contribution < -0.4 is 16.4 Å². The van der Waals surface area contributed by atoms with E-state index in [0.717, 1.165) is 0 Å². The lowest BCUT2D eigenvalue weighted by Gasteiger charge is -2.24. The third kappa shape index (κ3) is 2.37. The zero-order valence-electron chi connectivity index (χ0n) is 9.19. The SMILES string of the molecule is CC(C)N(C)c1nc(C(N)=O)ccc1N. The van der Waals surface area contributed by atoms with Crippen LogP contribution >= 0.6 is 0 Å². The minimum absolute atomic E-state index is 0.228. The van der Waals surface area contributed by atoms with Crippen LogP contribution in [0, 0.1) is 0 Å². The van der Waals surface area contributed by atoms with Crippen LogP contribution in [0.2, 0.25) is 0 Å². The van der Waals surface area contributed by atoms with Crippen molar-refractivity contribution in [3.8, 4) is 0 Å². The summed E-state index contributed by atoms with van der Waals surface area (Å²) in [6.45, 7) is 4.02. The molecular formula is C10H16N4O. The van der Waals surface area contributed by atoms with E-state index in [1.807, 2.05) is 25.8 Å². The molecule has 0 radical (unpaired) electrons. The van der Waals surface area contributed by atoms with Crippen LogP contribution in [0.5, 0.6) is 0 Å². The van der Waals surface area contributed by atoms with Gasteiger partial charge in [-0.15, -0.1) is 0 Å². The summed E-state index contributed by atoms with van der Waals surface area (Å²) in [4.78, 5) is 17.0. The van der Waals surface area contributed by atoms with E-state index in [4.69, 9.17) is 11.5 Å². The van der Waals surface area contributed by atoms with E-state index >= 15 is 0 Å². The van der Waals surface area contributed by atoms with Gasteiger partial charge in [-0.3, -0.25) is 4.79 Å². The van der Waals surface area contributed by atoms with E-state index in [9.17, 15) is 4.79 Å². The molecule has 0 aliphatic rings. The average Bonchev–Trinajstić information content (AvgIpc) is 2.16. The van der Waals surface area contributed by atoms with Crippen molar-refractivity contribution in [2.45, 2.75) is 19.9 Å². The van der Waals surface area contributed by atoms with Crippen LogP contribution in [0.15, 0.2) is 12.1 Å². The topological polar surface area (TPSA) is 85.2 Å². The minimum Gasteiger partial charge on any atom is -0.396 e. The Bertz CT molecular complexity index is 376. The lowest BCUT2D eigenvalue weighted by molar-refractivity contribution is 0.0995. The quantitative estimate of drug-likeness (QED) is 0.762. The number of primary amides is 1. The number of nitrogens with zero attached hydrogens (tertiary/aromatic N) is 2. The number of pyridine rings is 1. The third-order valence-corrected chi connectivity index (χ3v) is 2.27. The highest BCUT2D eigenvalue weighted by Crippen LogP contribution is 2.21. The highest BCUT2D eigenvalue weighted by molar-refractivity contribution is 5.91. The van der Waals surface area contributed by atoms with Gasteiger partial charge in [-0.25, -0.2) is 4.98 Å². The van der Waals surface area contributed by atoms with Crippen LogP contribution in [0.1, 0.15) is 24.3 Å². The van der Waals surface area contributed by atoms with Crippen LogP contribution in [0.4, 0.5) is 11.5 Å². The maximum atomic E-state index is 11.0. The van der Waals surface area contributed by atoms with Gasteiger partial charge in [-0.05, 0) is 26.0 Å². The lowest BCUT2D eigenvalue weighted by atomic mass is 10.2. The number of hydrogen-bond donors (Lipinski definition) is 2. The summed E-state index contributed by atoms with van der Waals surface area (Å²) in [5.41, 5.74) is 11.7. The first-order chi connectivity index (χ1) is 6.93. The number of nitrogens with two attached hydrogens (primary N) is 2. The summed E-state index contributed by atoms with van der Waals surface area (Å²) in [6, 6.07) is 3.42. The zero-order valence-corrected chi connectivity index (χ0v) is 9.19. The Labute approximate surface area is 89.1 Å². The van der Waals surface area contributed by atoms with Crippen LogP contribution in [0.25, 0.3) is 0 Å². The summed E-state index contributed by atoms with van der Waals surface area (Å²) in [5.74, 6) is 0.0368. The molecule has 0 saturated carbocycles. The van der Waals surface area contributed by atoms with Gasteiger partial charge >= 0.3 is 0 Å². The molecule has 0 unspecified atom stereocenters. The molecule has 5 heteroatoms. The molecule has 0 aliphatic heterocycles. The second-order valence-corrected chi connectivity index (χ2v) is 3.68. The number of hydrogen-bond acceptors (Lipinski definition) is 4. The normalized spacial score (nSPS) is 10.4. The van der Waals surface area contributed by atoms with Crippen molar-refractivity contribution in [3.05, 3.63) is 17.8 Å². The highest BCUT2D eigenvalue weighted by atomic mass is 16.1. The van der Waals surface area contributed by atoms with E-state index in [1.165, 1.54) is 6.07 Å². The van der Waals surface area contributed by atoms with Gasteiger partial charge in [0.1, 0.15) is 5.69 Å². The fraction of sp³-hybridized carbons (Fsp3) is 0.400. The zero-order chi connectivity index (χ0) is 11.6. The molecule has 82 valence electrons. The summed E-state index contributed by atoms with van der Waals surface area (Å²) in [7, 11) is 1.87. The van der Waals surface area contributed by atoms with Crippen molar-refractivity contribution < 1.29 is 4.79 Å². The van der Waals surface area contributed by atoms with E-state index in [0.29, 0.717) is 11.5 Å². The predicted molar refractivity (Wildman–Crippen MR) is 60.7 cm³/mol. The second kappa shape index (κ2) is 4.16. The number of anilines is 2. The number of carbonyl (C=O) groups excluding carboxylic acids is 1. The Morgan fingerprint density at radius 3 is 2.53 bits per heavy atom. The fourth-order valence-corrected chi connectivity index (χ4v) is 1.12. The maximum Gasteiger partial charge on any atom is 0.267 e. The number of amides is 1. The molecule has 0 atom stereocenters. The molecule has 4 N–H and O–H groups in total. The smallest absolute Gasteiger partial charge is 0.267 e. The molecule has 1 amide bonds. The molecular weight excluding hydrogens is 192 g/mol. The van der Waals surface area contributed by atoms with E-state index in [-0.39, 0.29) is 11.7 Å². The number of carbonyl (C=O) groups is 1. The number of aromatic nitrogens is 1. The Morgan fingerprint density at radius 2 is 2.07 bits per heavy atom. The van der Waals surface area contributed by atoms with Crippen LogP contribution in [-0.2, 0) is 0 Å². The van der Waals surface area contributed by atoms with E-state index in [2.05, 4.69) is 4.98 Å². The summed E-state index contributed by atoms with van der Waals surface area (Å²) in [5, 5.41) is 0. The summed E-state index contributed by atoms with van der Waals surface area (Å²) >= 11 is 0. The van der Waals surface area contributed by atoms with Gasteiger partial charge in [-0.2, -0.15) is 0 Å². The Balaban J connectivity index is 3.16. The van der Waals surface area contributed by atoms with Gasteiger partial charge in [0.2, 0.25) is 0 Å². The first kappa shape index (κ1) is 11.3. The maximum absolute atomic E-state index is 11.0. The van der Waals surface area contributed by atoms with Crippen molar-refractivity contribution in [1.82, 2.24) is 4.98 Å². The number of nitrogen functional groups attached to an aromatic ring is 1. The first-order valence-corrected chi connectivity index (χ1v) is 4.72. The predicted octanol–water partition coefficient (Wildman–Crippen LogP) is 0.607. The monoisotopic (exact) mass is 208 g/mol. The Kier molecular flexibility index (Phi) is 3.14. The van der Waals surface area contributed by atoms with Crippen molar-refractivity contribution in [2.24, 2.45) is 5.73 Å². The summed E-state index contributed by atoms with van der Waals surface area (Å²) in [6.07, 6.45) is 0. The molecule has 5 nitrogen and oxygen atoms in total. The lowest BCUT2D eigenvalue weighted by Crippen LogP contribution is -2.28. The molecule has 0 fully saturated rings. The van der Waals surface area contributed by atoms with Gasteiger partial charge in [0.25, 0.3) is 5.91 Å². The Hall–Kier alpha value is -1.78. The van der Waals surface area contributed by atoms with Crippen molar-refractivity contribution >= 4 is 17.4 Å². The summed E-state index contributed by atoms with van der Waals surface area (Å²) < 4.78 is 0. The number of rotatable bonds is 3. The van der Waals surface area contributed by atoms with E-state index in [1.54, 1.807) is 6.07 Å². The standard InChI is InChI=1S/C10H16N4O/c1-6(2)14(3)10-7(11)4-5-8(13-10)9(12)15/h4-6H,11H2,1-3H3,(H2,12,15). The molecule has 1 heterocycles. The molecule has 0 bridgehead atoms. The minimum atomic E-state index is -0.548. The van der Waals surface area contributed by atoms with Gasteiger partial charge in [0.15, 0.2) is 5.82 Å². The van der Waals surface area contributed by atoms with Crippen LogP contribution in [0.3, 0.4) is 0 Å². The Morgan fingerprint density at radius 1 is 1.47 bits per heavy atom. The largest absolute Gasteiger partial charge is 0.396 e. The molecule has 1 rings (SSSR count). The average molecular weight is 208 g/mol. The van der Waals surface area contributed by atoms with Gasteiger partial charge < -0.3 is 16.4 Å². The fourth-order valence-electron chi connectivity index (χ4n) is 1.12. The van der Waals surface area contributed by atoms with Crippen LogP contribution in [-0.4, -0.2) is 24.0 Å². The van der Waals surface area contributed by atoms with Crippen molar-refractivity contribution in [3.63, 3.8) is 0 Å². The molecule has 0 saturated heterocycles. The third-order valence-electron chi connectivity index (χ3n) is 2.27. The van der Waals surface area contributed by atoms with Gasteiger partial charge in [-0.1, -0.05) is 0 Å². The van der Waals surface area contributed by atoms with Gasteiger partial charge in [0.05, 0.1) is 5.69 Å². The molecule has 15 heavy (non-hydrogen) atoms. The van der Waals surface area contributed by atoms with E-state index < -0.39 is 5.91 Å². The van der Waals surface area contributed by atoms with Gasteiger partial charge in [0, 0.05) is 13.1 Å². The van der Waals surface area contributed by atoms with Crippen molar-refractivity contribution in [2.75, 3.05) is 17.7 Å². The molecule has 0 aliphatic carbocycles. The molecule has 0 spiro atoms. The second-order valence-electron chi connectivity index (χ2n) is 3.68. The molecule has 0 aromatic carbocycles. The highest BCUT2D eigenvalue weighted by Gasteiger charge is 2.12. The first-order valence-electron chi connectivity index (χ1n) is 4.72. The molecule has 1 aromatic rings. The van der Waals surface area contributed by atoms with Crippen molar-refractivity contribution in [1.29, 1.82) is 0 Å².